The lowest BCUT2D eigenvalue weighted by molar-refractivity contribution is 0.787. The van der Waals surface area contributed by atoms with Crippen molar-refractivity contribution in [3.63, 3.8) is 0 Å². The Kier molecular flexibility index (Phi) is 5.38. The Morgan fingerprint density at radius 2 is 2.27 bits per heavy atom. The minimum Gasteiger partial charge on any atom is -0.287 e. The Labute approximate surface area is 103 Å². The maximum absolute atomic E-state index is 8.55. The lowest BCUT2D eigenvalue weighted by atomic mass is 10.2. The van der Waals surface area contributed by atoms with Gasteiger partial charge in [-0.1, -0.05) is 45.7 Å². The Morgan fingerprint density at radius 3 is 2.87 bits per heavy atom. The minimum absolute atomic E-state index is 0.00808. The van der Waals surface area contributed by atoms with E-state index in [0.717, 1.165) is 5.56 Å². The Balaban J connectivity index is 2.72. The summed E-state index contributed by atoms with van der Waals surface area (Å²) in [6.07, 6.45) is 2.12. The molecule has 0 aromatic heterocycles. The summed E-state index contributed by atoms with van der Waals surface area (Å²) >= 11 is 9.27. The second-order valence-electron chi connectivity index (χ2n) is 2.97. The maximum Gasteiger partial charge on any atom is 0.0726 e. The molecule has 78 valence electrons. The SMILES string of the molecule is N#CCC(CBr)N=Cc1ccccc1Cl. The number of halogens is 2. The number of rotatable bonds is 4. The van der Waals surface area contributed by atoms with Gasteiger partial charge in [0.2, 0.25) is 0 Å². The predicted molar refractivity (Wildman–Crippen MR) is 66.9 cm³/mol. The number of aliphatic imine (C=N–C) groups is 1. The molecule has 1 atom stereocenters. The van der Waals surface area contributed by atoms with E-state index in [1.807, 2.05) is 24.3 Å². The van der Waals surface area contributed by atoms with Crippen LogP contribution in [0, 0.1) is 11.3 Å². The van der Waals surface area contributed by atoms with Crippen molar-refractivity contribution in [2.45, 2.75) is 12.5 Å². The smallest absolute Gasteiger partial charge is 0.0726 e. The molecule has 0 spiro atoms. The Hall–Kier alpha value is -0.850. The summed E-state index contributed by atoms with van der Waals surface area (Å²) in [6.45, 7) is 0. The van der Waals surface area contributed by atoms with E-state index in [9.17, 15) is 0 Å². The first-order valence-corrected chi connectivity index (χ1v) is 5.98. The van der Waals surface area contributed by atoms with Crippen LogP contribution in [0.25, 0.3) is 0 Å². The predicted octanol–water partition coefficient (Wildman–Crippen LogP) is 3.44. The number of nitrogens with zero attached hydrogens (tertiary/aromatic N) is 2. The fraction of sp³-hybridized carbons (Fsp3) is 0.273. The van der Waals surface area contributed by atoms with Gasteiger partial charge in [0.05, 0.1) is 18.5 Å². The lowest BCUT2D eigenvalue weighted by Gasteiger charge is -2.02. The Bertz CT molecular complexity index is 384. The van der Waals surface area contributed by atoms with Crippen LogP contribution < -0.4 is 0 Å². The van der Waals surface area contributed by atoms with Crippen molar-refractivity contribution in [1.29, 1.82) is 5.26 Å². The first-order chi connectivity index (χ1) is 7.27. The second-order valence-corrected chi connectivity index (χ2v) is 4.02. The van der Waals surface area contributed by atoms with Gasteiger partial charge in [-0.25, -0.2) is 0 Å². The molecule has 1 aromatic carbocycles. The summed E-state index contributed by atoms with van der Waals surface area (Å²) in [5.41, 5.74) is 0.878. The van der Waals surface area contributed by atoms with Gasteiger partial charge in [0.25, 0.3) is 0 Å². The molecule has 1 rings (SSSR count). The fourth-order valence-electron chi connectivity index (χ4n) is 1.02. The largest absolute Gasteiger partial charge is 0.287 e. The van der Waals surface area contributed by atoms with Crippen molar-refractivity contribution < 1.29 is 0 Å². The number of alkyl halides is 1. The van der Waals surface area contributed by atoms with E-state index in [0.29, 0.717) is 16.8 Å². The summed E-state index contributed by atoms with van der Waals surface area (Å²) in [6, 6.07) is 9.57. The molecular weight excluding hydrogens is 275 g/mol. The van der Waals surface area contributed by atoms with E-state index in [1.165, 1.54) is 0 Å². The normalized spacial score (nSPS) is 12.6. The molecule has 0 N–H and O–H groups in total. The quantitative estimate of drug-likeness (QED) is 0.616. The summed E-state index contributed by atoms with van der Waals surface area (Å²) in [7, 11) is 0. The molecule has 0 fully saturated rings. The van der Waals surface area contributed by atoms with Crippen LogP contribution in [-0.2, 0) is 0 Å². The van der Waals surface area contributed by atoms with Gasteiger partial charge in [0, 0.05) is 22.1 Å². The van der Waals surface area contributed by atoms with Gasteiger partial charge in [0.1, 0.15) is 0 Å². The highest BCUT2D eigenvalue weighted by Crippen LogP contribution is 2.13. The molecule has 0 saturated heterocycles. The monoisotopic (exact) mass is 284 g/mol. The fourth-order valence-corrected chi connectivity index (χ4v) is 1.60. The van der Waals surface area contributed by atoms with Crippen LogP contribution in [-0.4, -0.2) is 17.6 Å². The number of benzene rings is 1. The molecule has 15 heavy (non-hydrogen) atoms. The van der Waals surface area contributed by atoms with Crippen molar-refractivity contribution >= 4 is 33.7 Å². The molecule has 0 bridgehead atoms. The molecule has 0 radical (unpaired) electrons. The van der Waals surface area contributed by atoms with E-state index in [4.69, 9.17) is 16.9 Å². The molecule has 1 aromatic rings. The average Bonchev–Trinajstić information content (AvgIpc) is 2.26. The van der Waals surface area contributed by atoms with Gasteiger partial charge in [-0.05, 0) is 6.07 Å². The van der Waals surface area contributed by atoms with Gasteiger partial charge >= 0.3 is 0 Å². The van der Waals surface area contributed by atoms with Crippen molar-refractivity contribution in [3.05, 3.63) is 34.9 Å². The van der Waals surface area contributed by atoms with Gasteiger partial charge in [-0.3, -0.25) is 4.99 Å². The van der Waals surface area contributed by atoms with Gasteiger partial charge in [-0.2, -0.15) is 5.26 Å². The molecule has 0 aliphatic rings. The molecule has 0 amide bonds. The van der Waals surface area contributed by atoms with E-state index in [2.05, 4.69) is 27.0 Å². The third kappa shape index (κ3) is 4.03. The molecule has 0 saturated carbocycles. The first-order valence-electron chi connectivity index (χ1n) is 4.48. The molecule has 0 aliphatic carbocycles. The number of nitriles is 1. The topological polar surface area (TPSA) is 36.1 Å². The zero-order chi connectivity index (χ0) is 11.1. The third-order valence-electron chi connectivity index (χ3n) is 1.83. The molecular formula is C11H10BrClN2. The van der Waals surface area contributed by atoms with Gasteiger partial charge in [0.15, 0.2) is 0 Å². The van der Waals surface area contributed by atoms with Crippen LogP contribution in [0.3, 0.4) is 0 Å². The number of hydrogen-bond acceptors (Lipinski definition) is 2. The van der Waals surface area contributed by atoms with E-state index < -0.39 is 0 Å². The lowest BCUT2D eigenvalue weighted by Crippen LogP contribution is -2.05. The molecule has 1 unspecified atom stereocenters. The summed E-state index contributed by atoms with van der Waals surface area (Å²) in [5.74, 6) is 0. The zero-order valence-electron chi connectivity index (χ0n) is 8.03. The summed E-state index contributed by atoms with van der Waals surface area (Å²) < 4.78 is 0. The van der Waals surface area contributed by atoms with Crippen LogP contribution >= 0.6 is 27.5 Å². The van der Waals surface area contributed by atoms with E-state index in [-0.39, 0.29) is 6.04 Å². The van der Waals surface area contributed by atoms with Crippen molar-refractivity contribution in [3.8, 4) is 6.07 Å². The second kappa shape index (κ2) is 6.60. The number of hydrogen-bond donors (Lipinski definition) is 0. The maximum atomic E-state index is 8.55. The standard InChI is InChI=1S/C11H10BrClN2/c12-7-10(5-6-14)15-8-9-3-1-2-4-11(9)13/h1-4,8,10H,5,7H2. The van der Waals surface area contributed by atoms with Gasteiger partial charge in [-0.15, -0.1) is 0 Å². The highest BCUT2D eigenvalue weighted by molar-refractivity contribution is 9.09. The van der Waals surface area contributed by atoms with Crippen LogP contribution in [0.4, 0.5) is 0 Å². The molecule has 0 aliphatic heterocycles. The van der Waals surface area contributed by atoms with Crippen LogP contribution in [0.2, 0.25) is 5.02 Å². The third-order valence-corrected chi connectivity index (χ3v) is 2.93. The molecule has 4 heteroatoms. The molecule has 0 heterocycles. The van der Waals surface area contributed by atoms with Gasteiger partial charge < -0.3 is 0 Å². The highest BCUT2D eigenvalue weighted by atomic mass is 79.9. The molecule has 2 nitrogen and oxygen atoms in total. The summed E-state index contributed by atoms with van der Waals surface area (Å²) in [4.78, 5) is 4.28. The van der Waals surface area contributed by atoms with Crippen molar-refractivity contribution in [1.82, 2.24) is 0 Å². The van der Waals surface area contributed by atoms with Crippen LogP contribution in [0.1, 0.15) is 12.0 Å². The Morgan fingerprint density at radius 1 is 1.53 bits per heavy atom. The highest BCUT2D eigenvalue weighted by Gasteiger charge is 2.02. The van der Waals surface area contributed by atoms with E-state index >= 15 is 0 Å². The zero-order valence-corrected chi connectivity index (χ0v) is 10.4. The first kappa shape index (κ1) is 12.2. The van der Waals surface area contributed by atoms with Crippen molar-refractivity contribution in [2.75, 3.05) is 5.33 Å². The minimum atomic E-state index is -0.00808. The van der Waals surface area contributed by atoms with Crippen LogP contribution in [0.15, 0.2) is 29.3 Å². The summed E-state index contributed by atoms with van der Waals surface area (Å²) in [5, 5.41) is 9.90. The van der Waals surface area contributed by atoms with E-state index in [1.54, 1.807) is 6.21 Å². The van der Waals surface area contributed by atoms with Crippen LogP contribution in [0.5, 0.6) is 0 Å². The average molecular weight is 286 g/mol. The van der Waals surface area contributed by atoms with Crippen molar-refractivity contribution in [2.24, 2.45) is 4.99 Å².